The fraction of sp³-hybridized carbons (Fsp3) is 0.190. The summed E-state index contributed by atoms with van der Waals surface area (Å²) in [5, 5.41) is 1.93. The van der Waals surface area contributed by atoms with Gasteiger partial charge < -0.3 is 4.74 Å². The molecule has 3 aromatic rings. The SMILES string of the molecule is CCc1cc(Oc2ccnc3cccc(F)c23)ccc1CC1SC(=O)NC1=O. The summed E-state index contributed by atoms with van der Waals surface area (Å²) in [6.45, 7) is 2.01. The van der Waals surface area contributed by atoms with Gasteiger partial charge >= 0.3 is 0 Å². The maximum Gasteiger partial charge on any atom is 0.286 e. The van der Waals surface area contributed by atoms with Gasteiger partial charge in [-0.1, -0.05) is 30.8 Å². The van der Waals surface area contributed by atoms with Crippen molar-refractivity contribution in [2.24, 2.45) is 0 Å². The van der Waals surface area contributed by atoms with Crippen LogP contribution in [0.3, 0.4) is 0 Å². The highest BCUT2D eigenvalue weighted by atomic mass is 32.2. The van der Waals surface area contributed by atoms with Gasteiger partial charge in [-0.05, 0) is 54.3 Å². The summed E-state index contributed by atoms with van der Waals surface area (Å²) in [4.78, 5) is 27.4. The molecule has 0 radical (unpaired) electrons. The quantitative estimate of drug-likeness (QED) is 0.681. The van der Waals surface area contributed by atoms with Crippen LogP contribution in [0.5, 0.6) is 11.5 Å². The Morgan fingerprint density at radius 1 is 1.18 bits per heavy atom. The number of rotatable bonds is 5. The third kappa shape index (κ3) is 3.57. The number of hydrogen-bond acceptors (Lipinski definition) is 5. The largest absolute Gasteiger partial charge is 0.456 e. The first-order chi connectivity index (χ1) is 13.5. The lowest BCUT2D eigenvalue weighted by molar-refractivity contribution is -0.118. The highest BCUT2D eigenvalue weighted by Gasteiger charge is 2.31. The smallest absolute Gasteiger partial charge is 0.286 e. The van der Waals surface area contributed by atoms with Gasteiger partial charge in [-0.3, -0.25) is 19.9 Å². The summed E-state index contributed by atoms with van der Waals surface area (Å²) in [6.07, 6.45) is 2.79. The molecule has 0 spiro atoms. The van der Waals surface area contributed by atoms with Crippen LogP contribution in [0.15, 0.2) is 48.7 Å². The monoisotopic (exact) mass is 396 g/mol. The van der Waals surface area contributed by atoms with Crippen LogP contribution in [0.1, 0.15) is 18.1 Å². The van der Waals surface area contributed by atoms with Crippen LogP contribution in [-0.2, 0) is 17.6 Å². The van der Waals surface area contributed by atoms with Crippen molar-refractivity contribution in [2.45, 2.75) is 25.0 Å². The normalized spacial score (nSPS) is 16.4. The molecule has 1 unspecified atom stereocenters. The van der Waals surface area contributed by atoms with E-state index in [1.54, 1.807) is 30.5 Å². The second kappa shape index (κ2) is 7.59. The Labute approximate surface area is 165 Å². The topological polar surface area (TPSA) is 68.3 Å². The van der Waals surface area contributed by atoms with Crippen LogP contribution in [-0.4, -0.2) is 21.4 Å². The number of ether oxygens (including phenoxy) is 1. The van der Waals surface area contributed by atoms with Crippen LogP contribution < -0.4 is 10.1 Å². The molecule has 0 aliphatic carbocycles. The number of aryl methyl sites for hydroxylation is 1. The van der Waals surface area contributed by atoms with Gasteiger partial charge in [-0.2, -0.15) is 0 Å². The zero-order valence-electron chi connectivity index (χ0n) is 15.1. The van der Waals surface area contributed by atoms with E-state index in [2.05, 4.69) is 10.3 Å². The molecular formula is C21H17FN2O3S. The van der Waals surface area contributed by atoms with E-state index < -0.39 is 5.25 Å². The van der Waals surface area contributed by atoms with Crippen LogP contribution in [0, 0.1) is 5.82 Å². The second-order valence-electron chi connectivity index (χ2n) is 6.42. The number of fused-ring (bicyclic) bond motifs is 1. The highest BCUT2D eigenvalue weighted by Crippen LogP contribution is 2.32. The van der Waals surface area contributed by atoms with E-state index >= 15 is 0 Å². The predicted molar refractivity (Wildman–Crippen MR) is 106 cm³/mol. The molecule has 28 heavy (non-hydrogen) atoms. The number of carbonyl (C=O) groups is 2. The van der Waals surface area contributed by atoms with Crippen molar-refractivity contribution in [2.75, 3.05) is 0 Å². The molecule has 1 N–H and O–H groups in total. The van der Waals surface area contributed by atoms with Crippen LogP contribution >= 0.6 is 11.8 Å². The fourth-order valence-electron chi connectivity index (χ4n) is 3.27. The van der Waals surface area contributed by atoms with Crippen LogP contribution in [0.4, 0.5) is 9.18 Å². The van der Waals surface area contributed by atoms with E-state index in [1.165, 1.54) is 6.07 Å². The van der Waals surface area contributed by atoms with Gasteiger partial charge in [-0.15, -0.1) is 0 Å². The number of nitrogens with one attached hydrogen (secondary N) is 1. The number of pyridine rings is 1. The lowest BCUT2D eigenvalue weighted by Crippen LogP contribution is -2.25. The minimum atomic E-state index is -0.414. The van der Waals surface area contributed by atoms with Crippen molar-refractivity contribution in [1.29, 1.82) is 0 Å². The Hall–Kier alpha value is -2.93. The molecule has 142 valence electrons. The van der Waals surface area contributed by atoms with E-state index in [0.29, 0.717) is 28.8 Å². The molecule has 1 aliphatic rings. The van der Waals surface area contributed by atoms with Gasteiger partial charge in [0.1, 0.15) is 17.3 Å². The van der Waals surface area contributed by atoms with E-state index in [-0.39, 0.29) is 17.0 Å². The van der Waals surface area contributed by atoms with Gasteiger partial charge in [0.25, 0.3) is 5.24 Å². The van der Waals surface area contributed by atoms with E-state index in [0.717, 1.165) is 29.3 Å². The summed E-state index contributed by atoms with van der Waals surface area (Å²) in [6, 6.07) is 11.9. The molecule has 1 fully saturated rings. The van der Waals surface area contributed by atoms with Crippen molar-refractivity contribution in [1.82, 2.24) is 10.3 Å². The van der Waals surface area contributed by atoms with Crippen molar-refractivity contribution in [3.8, 4) is 11.5 Å². The summed E-state index contributed by atoms with van der Waals surface area (Å²) >= 11 is 1.02. The highest BCUT2D eigenvalue weighted by molar-refractivity contribution is 8.15. The summed E-state index contributed by atoms with van der Waals surface area (Å²) < 4.78 is 20.2. The number of carbonyl (C=O) groups excluding carboxylic acids is 2. The molecule has 2 heterocycles. The minimum Gasteiger partial charge on any atom is -0.456 e. The maximum atomic E-state index is 14.3. The Morgan fingerprint density at radius 2 is 2.04 bits per heavy atom. The van der Waals surface area contributed by atoms with E-state index in [9.17, 15) is 14.0 Å². The van der Waals surface area contributed by atoms with E-state index in [1.807, 2.05) is 19.1 Å². The number of halogens is 1. The molecule has 1 aliphatic heterocycles. The van der Waals surface area contributed by atoms with Gasteiger partial charge in [0.2, 0.25) is 5.91 Å². The fourth-order valence-corrected chi connectivity index (χ4v) is 4.11. The lowest BCUT2D eigenvalue weighted by atomic mass is 10.00. The predicted octanol–water partition coefficient (Wildman–Crippen LogP) is 4.62. The minimum absolute atomic E-state index is 0.254. The third-order valence-corrected chi connectivity index (χ3v) is 5.62. The third-order valence-electron chi connectivity index (χ3n) is 4.64. The van der Waals surface area contributed by atoms with Crippen LogP contribution in [0.25, 0.3) is 10.9 Å². The molecule has 2 amide bonds. The standard InChI is InChI=1S/C21H17FN2O3S/c1-2-12-10-14(7-6-13(12)11-18-20(25)24-21(26)28-18)27-17-8-9-23-16-5-3-4-15(22)19(16)17/h3-10,18H,2,11H2,1H3,(H,24,25,26). The number of benzene rings is 2. The molecular weight excluding hydrogens is 379 g/mol. The average molecular weight is 396 g/mol. The Morgan fingerprint density at radius 3 is 2.79 bits per heavy atom. The van der Waals surface area contributed by atoms with Crippen molar-refractivity contribution in [3.63, 3.8) is 0 Å². The molecule has 4 rings (SSSR count). The zero-order valence-corrected chi connectivity index (χ0v) is 15.9. The number of amides is 2. The van der Waals surface area contributed by atoms with Crippen molar-refractivity contribution < 1.29 is 18.7 Å². The summed E-state index contributed by atoms with van der Waals surface area (Å²) in [5.41, 5.74) is 2.53. The number of nitrogens with zero attached hydrogens (tertiary/aromatic N) is 1. The molecule has 7 heteroatoms. The Balaban J connectivity index is 1.62. The molecule has 0 bridgehead atoms. The molecule has 1 saturated heterocycles. The maximum absolute atomic E-state index is 14.3. The van der Waals surface area contributed by atoms with Crippen LogP contribution in [0.2, 0.25) is 0 Å². The van der Waals surface area contributed by atoms with Gasteiger partial charge in [0.05, 0.1) is 16.2 Å². The number of hydrogen-bond donors (Lipinski definition) is 1. The van der Waals surface area contributed by atoms with Crippen molar-refractivity contribution in [3.05, 3.63) is 65.6 Å². The molecule has 5 nitrogen and oxygen atoms in total. The van der Waals surface area contributed by atoms with E-state index in [4.69, 9.17) is 4.74 Å². The van der Waals surface area contributed by atoms with Gasteiger partial charge in [0, 0.05) is 6.20 Å². The number of thioether (sulfide) groups is 1. The first-order valence-electron chi connectivity index (χ1n) is 8.89. The molecule has 1 atom stereocenters. The lowest BCUT2D eigenvalue weighted by Gasteiger charge is -2.14. The number of imide groups is 1. The molecule has 0 saturated carbocycles. The second-order valence-corrected chi connectivity index (χ2v) is 7.59. The Bertz CT molecular complexity index is 1080. The summed E-state index contributed by atoms with van der Waals surface area (Å²) in [7, 11) is 0. The average Bonchev–Trinajstić information content (AvgIpc) is 3.00. The summed E-state index contributed by atoms with van der Waals surface area (Å²) in [5.74, 6) is 0.336. The van der Waals surface area contributed by atoms with Gasteiger partial charge in [0.15, 0.2) is 0 Å². The molecule has 2 aromatic carbocycles. The Kier molecular flexibility index (Phi) is 5.00. The number of aromatic nitrogens is 1. The zero-order chi connectivity index (χ0) is 19.7. The first kappa shape index (κ1) is 18.4. The first-order valence-corrected chi connectivity index (χ1v) is 9.77. The van der Waals surface area contributed by atoms with Gasteiger partial charge in [-0.25, -0.2) is 4.39 Å². The van der Waals surface area contributed by atoms with Crippen molar-refractivity contribution >= 4 is 33.8 Å². The molecule has 1 aromatic heterocycles.